The summed E-state index contributed by atoms with van der Waals surface area (Å²) in [7, 11) is 3.16. The van der Waals surface area contributed by atoms with E-state index in [1.54, 1.807) is 32.4 Å². The molecule has 136 valence electrons. The standard InChI is InChI=1S/C18H23NO5S/c1-12(2)24-14-7-6-13(10-15(14)23-4)11-16-17(20)19(18(21)25-16)8-5-9-22-3/h6-7,10-12H,5,8-9H2,1-4H3/b16-11+. The minimum atomic E-state index is -0.271. The molecule has 6 nitrogen and oxygen atoms in total. The van der Waals surface area contributed by atoms with Crippen LogP contribution in [0.1, 0.15) is 25.8 Å². The van der Waals surface area contributed by atoms with E-state index in [0.29, 0.717) is 36.0 Å². The second kappa shape index (κ2) is 8.92. The highest BCUT2D eigenvalue weighted by Gasteiger charge is 2.34. The predicted molar refractivity (Wildman–Crippen MR) is 97.9 cm³/mol. The summed E-state index contributed by atoms with van der Waals surface area (Å²) in [6.07, 6.45) is 2.35. The number of rotatable bonds is 8. The third-order valence-electron chi connectivity index (χ3n) is 3.45. The van der Waals surface area contributed by atoms with Gasteiger partial charge in [0.25, 0.3) is 11.1 Å². The minimum absolute atomic E-state index is 0.0309. The molecule has 1 aromatic rings. The van der Waals surface area contributed by atoms with E-state index in [-0.39, 0.29) is 17.3 Å². The lowest BCUT2D eigenvalue weighted by molar-refractivity contribution is -0.122. The first kappa shape index (κ1) is 19.3. The Bertz CT molecular complexity index is 671. The molecule has 2 rings (SSSR count). The van der Waals surface area contributed by atoms with Gasteiger partial charge in [0.05, 0.1) is 18.1 Å². The highest BCUT2D eigenvalue weighted by Crippen LogP contribution is 2.34. The maximum Gasteiger partial charge on any atom is 0.293 e. The van der Waals surface area contributed by atoms with Crippen LogP contribution < -0.4 is 9.47 Å². The van der Waals surface area contributed by atoms with Gasteiger partial charge in [-0.2, -0.15) is 0 Å². The minimum Gasteiger partial charge on any atom is -0.493 e. The van der Waals surface area contributed by atoms with E-state index in [1.807, 2.05) is 19.9 Å². The quantitative estimate of drug-likeness (QED) is 0.518. The van der Waals surface area contributed by atoms with Crippen LogP contribution in [-0.4, -0.2) is 49.5 Å². The van der Waals surface area contributed by atoms with Crippen molar-refractivity contribution in [2.24, 2.45) is 0 Å². The monoisotopic (exact) mass is 365 g/mol. The van der Waals surface area contributed by atoms with Crippen LogP contribution in [0.3, 0.4) is 0 Å². The molecule has 7 heteroatoms. The Morgan fingerprint density at radius 2 is 1.96 bits per heavy atom. The van der Waals surface area contributed by atoms with E-state index < -0.39 is 0 Å². The Morgan fingerprint density at radius 1 is 1.20 bits per heavy atom. The van der Waals surface area contributed by atoms with E-state index in [4.69, 9.17) is 14.2 Å². The van der Waals surface area contributed by atoms with Crippen molar-refractivity contribution in [2.45, 2.75) is 26.4 Å². The molecular weight excluding hydrogens is 342 g/mol. The topological polar surface area (TPSA) is 65.1 Å². The molecule has 1 aromatic carbocycles. The van der Waals surface area contributed by atoms with Gasteiger partial charge in [-0.05, 0) is 55.8 Å². The second-order valence-corrected chi connectivity index (χ2v) is 6.75. The third kappa shape index (κ3) is 4.99. The number of imide groups is 1. The van der Waals surface area contributed by atoms with Crippen LogP contribution >= 0.6 is 11.8 Å². The van der Waals surface area contributed by atoms with Gasteiger partial charge < -0.3 is 14.2 Å². The van der Waals surface area contributed by atoms with E-state index >= 15 is 0 Å². The fraction of sp³-hybridized carbons (Fsp3) is 0.444. The maximum absolute atomic E-state index is 12.4. The smallest absolute Gasteiger partial charge is 0.293 e. The molecule has 0 spiro atoms. The van der Waals surface area contributed by atoms with Crippen LogP contribution in [0.5, 0.6) is 11.5 Å². The summed E-state index contributed by atoms with van der Waals surface area (Å²) in [6.45, 7) is 4.75. The van der Waals surface area contributed by atoms with Crippen LogP contribution in [0, 0.1) is 0 Å². The number of carbonyl (C=O) groups excluding carboxylic acids is 2. The van der Waals surface area contributed by atoms with Crippen LogP contribution in [0.15, 0.2) is 23.1 Å². The zero-order chi connectivity index (χ0) is 18.4. The summed E-state index contributed by atoms with van der Waals surface area (Å²) < 4.78 is 16.0. The Labute approximate surface area is 152 Å². The number of ether oxygens (including phenoxy) is 3. The Morgan fingerprint density at radius 3 is 2.60 bits per heavy atom. The Kier molecular flexibility index (Phi) is 6.90. The molecule has 25 heavy (non-hydrogen) atoms. The molecule has 1 heterocycles. The van der Waals surface area contributed by atoms with Crippen molar-refractivity contribution in [3.63, 3.8) is 0 Å². The molecule has 1 fully saturated rings. The van der Waals surface area contributed by atoms with Crippen LogP contribution in [0.25, 0.3) is 6.08 Å². The first-order chi connectivity index (χ1) is 12.0. The lowest BCUT2D eigenvalue weighted by atomic mass is 10.2. The molecular formula is C18H23NO5S. The van der Waals surface area contributed by atoms with E-state index in [1.165, 1.54) is 4.90 Å². The molecule has 0 N–H and O–H groups in total. The molecule has 1 saturated heterocycles. The molecule has 2 amide bonds. The van der Waals surface area contributed by atoms with Gasteiger partial charge in [-0.25, -0.2) is 0 Å². The summed E-state index contributed by atoms with van der Waals surface area (Å²) >= 11 is 0.949. The SMILES string of the molecule is COCCCN1C(=O)S/C(=C/c2ccc(OC(C)C)c(OC)c2)C1=O. The lowest BCUT2D eigenvalue weighted by Gasteiger charge is -2.14. The average Bonchev–Trinajstić information content (AvgIpc) is 2.83. The molecule has 0 aliphatic carbocycles. The molecule has 0 atom stereocenters. The lowest BCUT2D eigenvalue weighted by Crippen LogP contribution is -2.29. The summed E-state index contributed by atoms with van der Waals surface area (Å²) in [5.74, 6) is 0.955. The number of nitrogens with zero attached hydrogens (tertiary/aromatic N) is 1. The number of methoxy groups -OCH3 is 2. The Hall–Kier alpha value is -1.99. The molecule has 0 bridgehead atoms. The largest absolute Gasteiger partial charge is 0.493 e. The molecule has 0 aromatic heterocycles. The van der Waals surface area contributed by atoms with Crippen molar-refractivity contribution in [3.05, 3.63) is 28.7 Å². The third-order valence-corrected chi connectivity index (χ3v) is 4.36. The zero-order valence-corrected chi connectivity index (χ0v) is 15.7. The molecule has 0 saturated carbocycles. The Balaban J connectivity index is 2.17. The van der Waals surface area contributed by atoms with Gasteiger partial charge in [0.2, 0.25) is 0 Å². The maximum atomic E-state index is 12.4. The number of hydrogen-bond acceptors (Lipinski definition) is 6. The number of amides is 2. The van der Waals surface area contributed by atoms with Crippen LogP contribution in [0.2, 0.25) is 0 Å². The van der Waals surface area contributed by atoms with Crippen LogP contribution in [-0.2, 0) is 9.53 Å². The summed E-state index contributed by atoms with van der Waals surface area (Å²) in [5.41, 5.74) is 0.773. The predicted octanol–water partition coefficient (Wildman–Crippen LogP) is 3.56. The molecule has 1 aliphatic heterocycles. The van der Waals surface area contributed by atoms with E-state index in [9.17, 15) is 9.59 Å². The van der Waals surface area contributed by atoms with Gasteiger partial charge in [0.15, 0.2) is 11.5 Å². The van der Waals surface area contributed by atoms with Crippen molar-refractivity contribution in [3.8, 4) is 11.5 Å². The number of hydrogen-bond donors (Lipinski definition) is 0. The number of carbonyl (C=O) groups is 2. The summed E-state index contributed by atoms with van der Waals surface area (Å²) in [6, 6.07) is 5.42. The fourth-order valence-corrected chi connectivity index (χ4v) is 3.20. The van der Waals surface area contributed by atoms with Gasteiger partial charge in [0, 0.05) is 20.3 Å². The summed E-state index contributed by atoms with van der Waals surface area (Å²) in [4.78, 5) is 26.1. The molecule has 1 aliphatic rings. The average molecular weight is 365 g/mol. The zero-order valence-electron chi connectivity index (χ0n) is 14.9. The number of benzene rings is 1. The van der Waals surface area contributed by atoms with E-state index in [0.717, 1.165) is 17.3 Å². The van der Waals surface area contributed by atoms with Crippen molar-refractivity contribution >= 4 is 29.0 Å². The number of thioether (sulfide) groups is 1. The van der Waals surface area contributed by atoms with Gasteiger partial charge >= 0.3 is 0 Å². The first-order valence-corrected chi connectivity index (χ1v) is 8.87. The molecule has 0 radical (unpaired) electrons. The van der Waals surface area contributed by atoms with Gasteiger partial charge in [-0.3, -0.25) is 14.5 Å². The first-order valence-electron chi connectivity index (χ1n) is 8.05. The van der Waals surface area contributed by atoms with Crippen molar-refractivity contribution in [1.82, 2.24) is 4.90 Å². The van der Waals surface area contributed by atoms with Crippen molar-refractivity contribution in [2.75, 3.05) is 27.4 Å². The summed E-state index contributed by atoms with van der Waals surface area (Å²) in [5, 5.41) is -0.251. The van der Waals surface area contributed by atoms with Gasteiger partial charge in [-0.15, -0.1) is 0 Å². The van der Waals surface area contributed by atoms with E-state index in [2.05, 4.69) is 0 Å². The van der Waals surface area contributed by atoms with Crippen LogP contribution in [0.4, 0.5) is 4.79 Å². The van der Waals surface area contributed by atoms with Crippen molar-refractivity contribution < 1.29 is 23.8 Å². The molecule has 0 unspecified atom stereocenters. The fourth-order valence-electron chi connectivity index (χ4n) is 2.34. The highest BCUT2D eigenvalue weighted by molar-refractivity contribution is 8.18. The van der Waals surface area contributed by atoms with Gasteiger partial charge in [0.1, 0.15) is 0 Å². The highest BCUT2D eigenvalue weighted by atomic mass is 32.2. The van der Waals surface area contributed by atoms with Gasteiger partial charge in [-0.1, -0.05) is 6.07 Å². The second-order valence-electron chi connectivity index (χ2n) is 5.76. The van der Waals surface area contributed by atoms with Crippen molar-refractivity contribution in [1.29, 1.82) is 0 Å². The normalized spacial score (nSPS) is 16.2.